The average Bonchev–Trinajstić information content (AvgIpc) is 2.04. The number of amides is 1. The fourth-order valence-electron chi connectivity index (χ4n) is 1.30. The van der Waals surface area contributed by atoms with Gasteiger partial charge in [-0.2, -0.15) is 0 Å². The summed E-state index contributed by atoms with van der Waals surface area (Å²) in [6, 6.07) is -0.758. The van der Waals surface area contributed by atoms with Gasteiger partial charge in [0.2, 0.25) is 5.91 Å². The lowest BCUT2D eigenvalue weighted by molar-refractivity contribution is -0.142. The molecule has 72 valence electrons. The predicted molar refractivity (Wildman–Crippen MR) is 46.2 cm³/mol. The number of nitrogens with zero attached hydrogens (tertiary/aromatic N) is 1. The lowest BCUT2D eigenvalue weighted by Crippen LogP contribution is -2.53. The number of carboxylic acid groups (broad SMARTS) is 1. The van der Waals surface area contributed by atoms with Gasteiger partial charge in [-0.15, -0.1) is 6.58 Å². The highest BCUT2D eigenvalue weighted by molar-refractivity contribution is 5.81. The molecule has 1 saturated heterocycles. The van der Waals surface area contributed by atoms with Crippen LogP contribution in [0.4, 0.5) is 0 Å². The van der Waals surface area contributed by atoms with E-state index < -0.39 is 12.0 Å². The summed E-state index contributed by atoms with van der Waals surface area (Å²) in [5.41, 5.74) is 0. The van der Waals surface area contributed by atoms with E-state index in [9.17, 15) is 9.59 Å². The van der Waals surface area contributed by atoms with Gasteiger partial charge in [-0.3, -0.25) is 14.5 Å². The molecular weight excluding hydrogens is 172 g/mol. The van der Waals surface area contributed by atoms with Crippen molar-refractivity contribution >= 4 is 11.9 Å². The van der Waals surface area contributed by atoms with Crippen LogP contribution in [0, 0.1) is 0 Å². The first kappa shape index (κ1) is 9.73. The normalized spacial score (nSPS) is 20.5. The van der Waals surface area contributed by atoms with Gasteiger partial charge >= 0.3 is 5.97 Å². The molecule has 13 heavy (non-hydrogen) atoms. The average molecular weight is 184 g/mol. The van der Waals surface area contributed by atoms with Crippen molar-refractivity contribution in [1.82, 2.24) is 10.2 Å². The number of carbonyl (C=O) groups is 2. The maximum absolute atomic E-state index is 10.9. The zero-order chi connectivity index (χ0) is 9.84. The molecule has 0 radical (unpaired) electrons. The summed E-state index contributed by atoms with van der Waals surface area (Å²) in [5, 5.41) is 11.4. The lowest BCUT2D eigenvalue weighted by atomic mass is 10.2. The zero-order valence-corrected chi connectivity index (χ0v) is 7.19. The van der Waals surface area contributed by atoms with Gasteiger partial charge in [0.1, 0.15) is 6.04 Å². The van der Waals surface area contributed by atoms with E-state index in [1.54, 1.807) is 4.90 Å². The number of nitrogens with one attached hydrogen (secondary N) is 1. The highest BCUT2D eigenvalue weighted by atomic mass is 16.4. The van der Waals surface area contributed by atoms with Crippen molar-refractivity contribution in [2.75, 3.05) is 19.6 Å². The third kappa shape index (κ3) is 2.29. The SMILES string of the molecule is C=CC(C(=O)O)N1CCNC(=O)C1. The molecule has 0 aromatic rings. The summed E-state index contributed by atoms with van der Waals surface area (Å²) in [5.74, 6) is -1.11. The summed E-state index contributed by atoms with van der Waals surface area (Å²) < 4.78 is 0. The van der Waals surface area contributed by atoms with Crippen LogP contribution < -0.4 is 5.32 Å². The minimum atomic E-state index is -0.968. The number of rotatable bonds is 3. The minimum Gasteiger partial charge on any atom is -0.480 e. The molecule has 0 saturated carbocycles. The zero-order valence-electron chi connectivity index (χ0n) is 7.19. The standard InChI is InChI=1S/C8H12N2O3/c1-2-6(8(12)13)10-4-3-9-7(11)5-10/h2,6H,1,3-5H2,(H,9,11)(H,12,13). The third-order valence-electron chi connectivity index (χ3n) is 1.94. The summed E-state index contributed by atoms with van der Waals surface area (Å²) in [6.45, 7) is 4.60. The Morgan fingerprint density at radius 2 is 2.46 bits per heavy atom. The monoisotopic (exact) mass is 184 g/mol. The second-order valence-corrected chi connectivity index (χ2v) is 2.84. The van der Waals surface area contributed by atoms with E-state index in [4.69, 9.17) is 5.11 Å². The van der Waals surface area contributed by atoms with E-state index in [2.05, 4.69) is 11.9 Å². The molecule has 1 aliphatic heterocycles. The second kappa shape index (κ2) is 4.04. The van der Waals surface area contributed by atoms with Crippen LogP contribution in [-0.2, 0) is 9.59 Å². The van der Waals surface area contributed by atoms with E-state index in [0.29, 0.717) is 13.1 Å². The first-order valence-electron chi connectivity index (χ1n) is 4.01. The van der Waals surface area contributed by atoms with Gasteiger partial charge in [-0.25, -0.2) is 0 Å². The fourth-order valence-corrected chi connectivity index (χ4v) is 1.30. The Kier molecular flexibility index (Phi) is 3.02. The number of hydrogen-bond acceptors (Lipinski definition) is 3. The third-order valence-corrected chi connectivity index (χ3v) is 1.94. The summed E-state index contributed by atoms with van der Waals surface area (Å²) >= 11 is 0. The van der Waals surface area contributed by atoms with Crippen LogP contribution in [0.3, 0.4) is 0 Å². The van der Waals surface area contributed by atoms with E-state index in [1.165, 1.54) is 6.08 Å². The van der Waals surface area contributed by atoms with Gasteiger partial charge in [0.05, 0.1) is 6.54 Å². The maximum Gasteiger partial charge on any atom is 0.324 e. The summed E-state index contributed by atoms with van der Waals surface area (Å²) in [7, 11) is 0. The molecule has 1 heterocycles. The molecule has 5 heteroatoms. The number of hydrogen-bond donors (Lipinski definition) is 2. The van der Waals surface area contributed by atoms with Crippen LogP contribution in [0.5, 0.6) is 0 Å². The first-order chi connectivity index (χ1) is 6.15. The van der Waals surface area contributed by atoms with Gasteiger partial charge < -0.3 is 10.4 Å². The Balaban J connectivity index is 2.62. The molecule has 1 amide bonds. The van der Waals surface area contributed by atoms with Crippen LogP contribution in [0.1, 0.15) is 0 Å². The van der Waals surface area contributed by atoms with E-state index in [-0.39, 0.29) is 12.5 Å². The molecular formula is C8H12N2O3. The quantitative estimate of drug-likeness (QED) is 0.555. The fraction of sp³-hybridized carbons (Fsp3) is 0.500. The van der Waals surface area contributed by atoms with Crippen molar-refractivity contribution in [3.05, 3.63) is 12.7 Å². The molecule has 1 aliphatic rings. The smallest absolute Gasteiger partial charge is 0.324 e. The number of aliphatic carboxylic acids is 1. The van der Waals surface area contributed by atoms with Crippen molar-refractivity contribution < 1.29 is 14.7 Å². The Labute approximate surface area is 76.0 Å². The largest absolute Gasteiger partial charge is 0.480 e. The van der Waals surface area contributed by atoms with Gasteiger partial charge in [0.25, 0.3) is 0 Å². The number of carbonyl (C=O) groups excluding carboxylic acids is 1. The predicted octanol–water partition coefficient (Wildman–Crippen LogP) is -0.943. The van der Waals surface area contributed by atoms with Gasteiger partial charge in [-0.05, 0) is 0 Å². The van der Waals surface area contributed by atoms with E-state index in [0.717, 1.165) is 0 Å². The van der Waals surface area contributed by atoms with E-state index in [1.807, 2.05) is 0 Å². The molecule has 1 fully saturated rings. The molecule has 1 rings (SSSR count). The molecule has 1 unspecified atom stereocenters. The van der Waals surface area contributed by atoms with Crippen molar-refractivity contribution in [2.24, 2.45) is 0 Å². The Bertz CT molecular complexity index is 240. The minimum absolute atomic E-state index is 0.128. The number of piperazine rings is 1. The van der Waals surface area contributed by atoms with E-state index >= 15 is 0 Å². The topological polar surface area (TPSA) is 69.6 Å². The van der Waals surface area contributed by atoms with Crippen LogP contribution in [0.25, 0.3) is 0 Å². The van der Waals surface area contributed by atoms with Crippen LogP contribution >= 0.6 is 0 Å². The van der Waals surface area contributed by atoms with Gasteiger partial charge in [-0.1, -0.05) is 6.08 Å². The molecule has 0 aromatic carbocycles. The van der Waals surface area contributed by atoms with Gasteiger partial charge in [0, 0.05) is 13.1 Å². The van der Waals surface area contributed by atoms with Crippen molar-refractivity contribution in [3.8, 4) is 0 Å². The van der Waals surface area contributed by atoms with Crippen LogP contribution in [-0.4, -0.2) is 47.6 Å². The highest BCUT2D eigenvalue weighted by Crippen LogP contribution is 2.03. The Hall–Kier alpha value is -1.36. The summed E-state index contributed by atoms with van der Waals surface area (Å²) in [4.78, 5) is 23.2. The van der Waals surface area contributed by atoms with Crippen molar-refractivity contribution in [2.45, 2.75) is 6.04 Å². The molecule has 0 spiro atoms. The molecule has 0 aliphatic carbocycles. The van der Waals surface area contributed by atoms with Crippen molar-refractivity contribution in [3.63, 3.8) is 0 Å². The molecule has 0 aromatic heterocycles. The molecule has 5 nitrogen and oxygen atoms in total. The van der Waals surface area contributed by atoms with Crippen molar-refractivity contribution in [1.29, 1.82) is 0 Å². The highest BCUT2D eigenvalue weighted by Gasteiger charge is 2.26. The number of carboxylic acids is 1. The Morgan fingerprint density at radius 1 is 1.77 bits per heavy atom. The van der Waals surface area contributed by atoms with Crippen LogP contribution in [0.2, 0.25) is 0 Å². The Morgan fingerprint density at radius 3 is 2.92 bits per heavy atom. The lowest BCUT2D eigenvalue weighted by Gasteiger charge is -2.29. The second-order valence-electron chi connectivity index (χ2n) is 2.84. The van der Waals surface area contributed by atoms with Gasteiger partial charge in [0.15, 0.2) is 0 Å². The first-order valence-corrected chi connectivity index (χ1v) is 4.01. The van der Waals surface area contributed by atoms with Crippen LogP contribution in [0.15, 0.2) is 12.7 Å². The molecule has 1 atom stereocenters. The molecule has 2 N–H and O–H groups in total. The molecule has 0 bridgehead atoms. The maximum atomic E-state index is 10.9. The summed E-state index contributed by atoms with van der Waals surface area (Å²) in [6.07, 6.45) is 1.33.